The van der Waals surface area contributed by atoms with Crippen molar-refractivity contribution in [3.8, 4) is 5.75 Å². The maximum Gasteiger partial charge on any atom is 0.323 e. The number of nitrogens with one attached hydrogen (secondary N) is 2. The number of carbonyl (C=O) groups excluding carboxylic acids is 2. The molecule has 2 aromatic rings. The summed E-state index contributed by atoms with van der Waals surface area (Å²) < 4.78 is 38.9. The number of amides is 3. The Kier molecular flexibility index (Phi) is 8.63. The zero-order valence-corrected chi connectivity index (χ0v) is 20.6. The topological polar surface area (TPSA) is 83.1 Å². The van der Waals surface area contributed by atoms with Crippen LogP contribution in [0.5, 0.6) is 5.75 Å². The Morgan fingerprint density at radius 3 is 2.54 bits per heavy atom. The molecule has 2 aromatic carbocycles. The zero-order valence-electron chi connectivity index (χ0n) is 20.6. The number of ether oxygens (including phenoxy) is 2. The van der Waals surface area contributed by atoms with Gasteiger partial charge in [-0.15, -0.1) is 0 Å². The SMILES string of the molecule is CO[C@@H]1CN(C)C(=O)c2ccc(NC(=O)Nc3cc(F)ccc3F)cc2OC[C@H](C)N(C)C[C@@H]1C. The van der Waals surface area contributed by atoms with E-state index in [0.717, 1.165) is 24.7 Å². The highest BCUT2D eigenvalue weighted by Gasteiger charge is 2.27. The first kappa shape index (κ1) is 26.4. The third-order valence-corrected chi connectivity index (χ3v) is 6.19. The second-order valence-electron chi connectivity index (χ2n) is 8.95. The summed E-state index contributed by atoms with van der Waals surface area (Å²) in [7, 11) is 5.35. The fourth-order valence-corrected chi connectivity index (χ4v) is 3.91. The van der Waals surface area contributed by atoms with Gasteiger partial charge in [-0.25, -0.2) is 13.6 Å². The van der Waals surface area contributed by atoms with Crippen LogP contribution in [0.25, 0.3) is 0 Å². The number of likely N-dealkylation sites (N-methyl/N-ethyl adjacent to an activating group) is 2. The van der Waals surface area contributed by atoms with Gasteiger partial charge in [0.15, 0.2) is 0 Å². The van der Waals surface area contributed by atoms with Gasteiger partial charge in [-0.2, -0.15) is 0 Å². The minimum Gasteiger partial charge on any atom is -0.491 e. The minimum absolute atomic E-state index is 0.0472. The first-order chi connectivity index (χ1) is 16.6. The van der Waals surface area contributed by atoms with E-state index in [0.29, 0.717) is 30.2 Å². The van der Waals surface area contributed by atoms with Gasteiger partial charge in [-0.1, -0.05) is 6.92 Å². The van der Waals surface area contributed by atoms with Crippen molar-refractivity contribution in [3.63, 3.8) is 0 Å². The number of rotatable bonds is 3. The number of methoxy groups -OCH3 is 1. The third kappa shape index (κ3) is 6.67. The molecule has 3 atom stereocenters. The fraction of sp³-hybridized carbons (Fsp3) is 0.440. The second kappa shape index (κ2) is 11.5. The number of fused-ring (bicyclic) bond motifs is 1. The molecule has 10 heteroatoms. The maximum absolute atomic E-state index is 13.9. The number of halogens is 2. The molecule has 0 bridgehead atoms. The monoisotopic (exact) mass is 490 g/mol. The lowest BCUT2D eigenvalue weighted by molar-refractivity contribution is 0.0150. The Morgan fingerprint density at radius 1 is 1.09 bits per heavy atom. The molecule has 0 aliphatic carbocycles. The van der Waals surface area contributed by atoms with E-state index in [1.807, 2.05) is 14.0 Å². The van der Waals surface area contributed by atoms with Crippen LogP contribution in [0.1, 0.15) is 24.2 Å². The summed E-state index contributed by atoms with van der Waals surface area (Å²) in [6.07, 6.45) is -0.143. The summed E-state index contributed by atoms with van der Waals surface area (Å²) in [6.45, 7) is 5.59. The molecule has 1 aliphatic heterocycles. The van der Waals surface area contributed by atoms with E-state index in [1.165, 1.54) is 6.07 Å². The minimum atomic E-state index is -0.768. The lowest BCUT2D eigenvalue weighted by Crippen LogP contribution is -2.45. The van der Waals surface area contributed by atoms with Crippen LogP contribution in [0.15, 0.2) is 36.4 Å². The Morgan fingerprint density at radius 2 is 1.83 bits per heavy atom. The molecule has 0 saturated heterocycles. The summed E-state index contributed by atoms with van der Waals surface area (Å²) in [5.74, 6) is -1.19. The molecule has 3 rings (SSSR count). The number of hydrogen-bond donors (Lipinski definition) is 2. The fourth-order valence-electron chi connectivity index (χ4n) is 3.91. The van der Waals surface area contributed by atoms with Gasteiger partial charge < -0.3 is 25.0 Å². The van der Waals surface area contributed by atoms with Gasteiger partial charge in [0, 0.05) is 51.1 Å². The van der Waals surface area contributed by atoms with Crippen molar-refractivity contribution in [2.24, 2.45) is 5.92 Å². The normalized spacial score (nSPS) is 21.9. The molecule has 3 amide bonds. The smallest absolute Gasteiger partial charge is 0.323 e. The quantitative estimate of drug-likeness (QED) is 0.679. The van der Waals surface area contributed by atoms with Gasteiger partial charge in [0.05, 0.1) is 17.4 Å². The summed E-state index contributed by atoms with van der Waals surface area (Å²) in [5, 5.41) is 4.84. The van der Waals surface area contributed by atoms with Crippen LogP contribution in [0.4, 0.5) is 25.0 Å². The predicted octanol–water partition coefficient (Wildman–Crippen LogP) is 4.04. The van der Waals surface area contributed by atoms with Gasteiger partial charge in [-0.05, 0) is 44.2 Å². The van der Waals surface area contributed by atoms with Crippen molar-refractivity contribution in [1.82, 2.24) is 9.80 Å². The molecule has 8 nitrogen and oxygen atoms in total. The van der Waals surface area contributed by atoms with Gasteiger partial charge in [0.25, 0.3) is 5.91 Å². The first-order valence-electron chi connectivity index (χ1n) is 11.4. The molecule has 35 heavy (non-hydrogen) atoms. The summed E-state index contributed by atoms with van der Waals surface area (Å²) in [6, 6.07) is 6.71. The molecule has 0 unspecified atom stereocenters. The van der Waals surface area contributed by atoms with Crippen LogP contribution in [0, 0.1) is 17.6 Å². The lowest BCUT2D eigenvalue weighted by atomic mass is 10.0. The van der Waals surface area contributed by atoms with Crippen LogP contribution in [0.2, 0.25) is 0 Å². The van der Waals surface area contributed by atoms with E-state index in [9.17, 15) is 18.4 Å². The molecule has 0 aromatic heterocycles. The molecule has 1 heterocycles. The Balaban J connectivity index is 1.84. The standard InChI is InChI=1S/C25H32F2N4O4/c1-15-12-30(3)16(2)14-35-22-11-18(7-8-19(22)24(32)31(4)13-23(15)34-5)28-25(33)29-21-10-17(26)6-9-20(21)27/h6-11,15-16,23H,12-14H2,1-5H3,(H2,28,29,33)/t15-,16-,23+/m0/s1. The third-order valence-electron chi connectivity index (χ3n) is 6.19. The molecule has 0 fully saturated rings. The Hall–Kier alpha value is -3.24. The van der Waals surface area contributed by atoms with Gasteiger partial charge in [0.1, 0.15) is 24.0 Å². The first-order valence-corrected chi connectivity index (χ1v) is 11.4. The van der Waals surface area contributed by atoms with Crippen molar-refractivity contribution in [2.45, 2.75) is 26.0 Å². The van der Waals surface area contributed by atoms with E-state index in [1.54, 1.807) is 31.2 Å². The number of urea groups is 1. The predicted molar refractivity (Wildman–Crippen MR) is 130 cm³/mol. The van der Waals surface area contributed by atoms with Crippen molar-refractivity contribution in [1.29, 1.82) is 0 Å². The number of carbonyl (C=O) groups is 2. The van der Waals surface area contributed by atoms with Crippen molar-refractivity contribution in [2.75, 3.05) is 51.5 Å². The van der Waals surface area contributed by atoms with Crippen molar-refractivity contribution >= 4 is 23.3 Å². The van der Waals surface area contributed by atoms with E-state index < -0.39 is 17.7 Å². The molecular formula is C25H32F2N4O4. The van der Waals surface area contributed by atoms with Crippen molar-refractivity contribution < 1.29 is 27.8 Å². The summed E-state index contributed by atoms with van der Waals surface area (Å²) in [5.41, 5.74) is 0.373. The average molecular weight is 491 g/mol. The summed E-state index contributed by atoms with van der Waals surface area (Å²) >= 11 is 0. The van der Waals surface area contributed by atoms with E-state index in [4.69, 9.17) is 9.47 Å². The number of hydrogen-bond acceptors (Lipinski definition) is 5. The number of benzene rings is 2. The van der Waals surface area contributed by atoms with Gasteiger partial charge in [-0.3, -0.25) is 9.69 Å². The van der Waals surface area contributed by atoms with E-state index in [2.05, 4.69) is 22.5 Å². The van der Waals surface area contributed by atoms with Crippen LogP contribution in [-0.2, 0) is 4.74 Å². The van der Waals surface area contributed by atoms with Crippen molar-refractivity contribution in [3.05, 3.63) is 53.6 Å². The summed E-state index contributed by atoms with van der Waals surface area (Å²) in [4.78, 5) is 29.4. The second-order valence-corrected chi connectivity index (χ2v) is 8.95. The molecule has 0 spiro atoms. The van der Waals surface area contributed by atoms with Gasteiger partial charge >= 0.3 is 6.03 Å². The number of nitrogens with zero attached hydrogens (tertiary/aromatic N) is 2. The Bertz CT molecular complexity index is 1070. The lowest BCUT2D eigenvalue weighted by Gasteiger charge is -2.34. The maximum atomic E-state index is 13.9. The van der Waals surface area contributed by atoms with Crippen LogP contribution in [-0.4, -0.2) is 74.8 Å². The van der Waals surface area contributed by atoms with E-state index >= 15 is 0 Å². The van der Waals surface area contributed by atoms with Crippen LogP contribution < -0.4 is 15.4 Å². The highest BCUT2D eigenvalue weighted by Crippen LogP contribution is 2.27. The molecule has 0 saturated carbocycles. The molecule has 190 valence electrons. The van der Waals surface area contributed by atoms with Gasteiger partial charge in [0.2, 0.25) is 0 Å². The highest BCUT2D eigenvalue weighted by atomic mass is 19.1. The molecule has 1 aliphatic rings. The largest absolute Gasteiger partial charge is 0.491 e. The average Bonchev–Trinajstić information content (AvgIpc) is 2.81. The number of anilines is 2. The molecule has 0 radical (unpaired) electrons. The Labute approximate surface area is 204 Å². The molecule has 2 N–H and O–H groups in total. The zero-order chi connectivity index (χ0) is 25.7. The highest BCUT2D eigenvalue weighted by molar-refractivity contribution is 6.01. The van der Waals surface area contributed by atoms with Crippen LogP contribution in [0.3, 0.4) is 0 Å². The van der Waals surface area contributed by atoms with E-state index in [-0.39, 0.29) is 29.7 Å². The molecular weight excluding hydrogens is 458 g/mol. The van der Waals surface area contributed by atoms with Crippen LogP contribution >= 0.6 is 0 Å².